The highest BCUT2D eigenvalue weighted by atomic mass is 16.2. The van der Waals surface area contributed by atoms with Gasteiger partial charge in [-0.25, -0.2) is 0 Å². The van der Waals surface area contributed by atoms with Crippen molar-refractivity contribution in [2.24, 2.45) is 0 Å². The van der Waals surface area contributed by atoms with Gasteiger partial charge in [0.05, 0.1) is 6.54 Å². The third-order valence-electron chi connectivity index (χ3n) is 4.41. The van der Waals surface area contributed by atoms with Gasteiger partial charge in [-0.2, -0.15) is 0 Å². The second-order valence-electron chi connectivity index (χ2n) is 6.66. The molecule has 136 valence electrons. The van der Waals surface area contributed by atoms with Crippen LogP contribution in [0.2, 0.25) is 0 Å². The lowest BCUT2D eigenvalue weighted by atomic mass is 10.1. The van der Waals surface area contributed by atoms with Crippen LogP contribution < -0.4 is 4.90 Å². The van der Waals surface area contributed by atoms with Crippen molar-refractivity contribution >= 4 is 23.4 Å². The maximum Gasteiger partial charge on any atom is 0.254 e. The van der Waals surface area contributed by atoms with Crippen molar-refractivity contribution in [2.75, 3.05) is 52.7 Å². The Morgan fingerprint density at radius 2 is 1.76 bits per heavy atom. The summed E-state index contributed by atoms with van der Waals surface area (Å²) in [6.45, 7) is 2.44. The summed E-state index contributed by atoms with van der Waals surface area (Å²) in [5.74, 6) is -0.444. The number of hydrogen-bond acceptors (Lipinski definition) is 4. The smallest absolute Gasteiger partial charge is 0.254 e. The minimum absolute atomic E-state index is 0.122. The summed E-state index contributed by atoms with van der Waals surface area (Å²) in [6.07, 6.45) is 0. The van der Waals surface area contributed by atoms with Crippen LogP contribution in [0, 0.1) is 0 Å². The first-order valence-corrected chi connectivity index (χ1v) is 8.27. The number of carbonyl (C=O) groups is 3. The molecule has 1 heterocycles. The molecule has 1 aliphatic heterocycles. The molecule has 0 aliphatic carbocycles. The number of hydrogen-bond donors (Lipinski definition) is 0. The predicted octanol–water partition coefficient (Wildman–Crippen LogP) is 0.514. The van der Waals surface area contributed by atoms with Crippen LogP contribution in [-0.4, -0.2) is 86.3 Å². The van der Waals surface area contributed by atoms with Crippen molar-refractivity contribution in [2.45, 2.75) is 13.0 Å². The van der Waals surface area contributed by atoms with Crippen molar-refractivity contribution in [1.82, 2.24) is 14.7 Å². The van der Waals surface area contributed by atoms with Gasteiger partial charge in [-0.15, -0.1) is 0 Å². The van der Waals surface area contributed by atoms with E-state index in [0.717, 1.165) is 5.69 Å². The highest BCUT2D eigenvalue weighted by Gasteiger charge is 2.36. The van der Waals surface area contributed by atoms with Crippen LogP contribution in [0.15, 0.2) is 24.3 Å². The molecule has 0 bridgehead atoms. The first-order chi connectivity index (χ1) is 11.7. The Labute approximate surface area is 148 Å². The monoisotopic (exact) mass is 346 g/mol. The summed E-state index contributed by atoms with van der Waals surface area (Å²) in [7, 11) is 7.14. The van der Waals surface area contributed by atoms with Crippen LogP contribution in [0.3, 0.4) is 0 Å². The maximum absolute atomic E-state index is 12.9. The summed E-state index contributed by atoms with van der Waals surface area (Å²) in [5, 5.41) is 0. The van der Waals surface area contributed by atoms with E-state index < -0.39 is 6.04 Å². The number of rotatable bonds is 3. The predicted molar refractivity (Wildman–Crippen MR) is 96.5 cm³/mol. The minimum atomic E-state index is -0.637. The third-order valence-corrected chi connectivity index (χ3v) is 4.41. The van der Waals surface area contributed by atoms with Crippen molar-refractivity contribution in [1.29, 1.82) is 0 Å². The largest absolute Gasteiger partial charge is 0.378 e. The number of anilines is 1. The SMILES string of the molecule is CC(=O)N1CCN(C(=O)c2cccc(N(C)C)c2)C[C@H]1C(=O)N(C)C. The number of piperazine rings is 1. The first-order valence-electron chi connectivity index (χ1n) is 8.27. The molecule has 25 heavy (non-hydrogen) atoms. The fraction of sp³-hybridized carbons (Fsp3) is 0.500. The number of amides is 3. The van der Waals surface area contributed by atoms with Crippen LogP contribution in [0.4, 0.5) is 5.69 Å². The molecule has 7 heteroatoms. The van der Waals surface area contributed by atoms with Crippen LogP contribution in [0.5, 0.6) is 0 Å². The quantitative estimate of drug-likeness (QED) is 0.800. The van der Waals surface area contributed by atoms with E-state index in [1.165, 1.54) is 11.8 Å². The molecule has 1 aromatic carbocycles. The normalized spacial score (nSPS) is 17.2. The third kappa shape index (κ3) is 4.10. The Hall–Kier alpha value is -2.57. The van der Waals surface area contributed by atoms with Gasteiger partial charge in [-0.1, -0.05) is 6.07 Å². The van der Waals surface area contributed by atoms with Crippen LogP contribution in [0.1, 0.15) is 17.3 Å². The summed E-state index contributed by atoms with van der Waals surface area (Å²) in [4.78, 5) is 43.8. The van der Waals surface area contributed by atoms with Crippen molar-refractivity contribution in [3.63, 3.8) is 0 Å². The molecule has 3 amide bonds. The molecule has 0 unspecified atom stereocenters. The van der Waals surface area contributed by atoms with Gasteiger partial charge in [0.25, 0.3) is 5.91 Å². The second kappa shape index (κ2) is 7.55. The number of nitrogens with zero attached hydrogens (tertiary/aromatic N) is 4. The lowest BCUT2D eigenvalue weighted by Gasteiger charge is -2.41. The molecule has 1 fully saturated rings. The molecule has 7 nitrogen and oxygen atoms in total. The number of likely N-dealkylation sites (N-methyl/N-ethyl adjacent to an activating group) is 1. The van der Waals surface area contributed by atoms with Gasteiger partial charge in [0.2, 0.25) is 11.8 Å². The molecule has 0 spiro atoms. The van der Waals surface area contributed by atoms with Crippen LogP contribution in [0.25, 0.3) is 0 Å². The summed E-state index contributed by atoms with van der Waals surface area (Å²) in [6, 6.07) is 6.75. The lowest BCUT2D eigenvalue weighted by Crippen LogP contribution is -2.61. The van der Waals surface area contributed by atoms with Gasteiger partial charge in [-0.3, -0.25) is 14.4 Å². The molecular weight excluding hydrogens is 320 g/mol. The van der Waals surface area contributed by atoms with E-state index >= 15 is 0 Å². The molecule has 1 aromatic rings. The zero-order chi connectivity index (χ0) is 18.7. The Morgan fingerprint density at radius 1 is 1.08 bits per heavy atom. The molecule has 0 radical (unpaired) electrons. The van der Waals surface area contributed by atoms with Crippen LogP contribution >= 0.6 is 0 Å². The highest BCUT2D eigenvalue weighted by Crippen LogP contribution is 2.18. The van der Waals surface area contributed by atoms with E-state index in [1.807, 2.05) is 37.2 Å². The molecule has 0 aromatic heterocycles. The number of benzene rings is 1. The standard InChI is InChI=1S/C18H26N4O3/c1-13(23)22-10-9-21(12-16(22)18(25)20(4)5)17(24)14-7-6-8-15(11-14)19(2)3/h6-8,11,16H,9-10,12H2,1-5H3/t16-/m0/s1. The Bertz CT molecular complexity index is 672. The van der Waals surface area contributed by atoms with Gasteiger partial charge < -0.3 is 19.6 Å². The van der Waals surface area contributed by atoms with E-state index in [1.54, 1.807) is 30.0 Å². The average Bonchev–Trinajstić information content (AvgIpc) is 2.59. The molecule has 0 saturated carbocycles. The fourth-order valence-corrected chi connectivity index (χ4v) is 2.95. The van der Waals surface area contributed by atoms with Gasteiger partial charge in [0.15, 0.2) is 0 Å². The number of carbonyl (C=O) groups excluding carboxylic acids is 3. The molecule has 2 rings (SSSR count). The Kier molecular flexibility index (Phi) is 5.66. The van der Waals surface area contributed by atoms with Gasteiger partial charge >= 0.3 is 0 Å². The fourth-order valence-electron chi connectivity index (χ4n) is 2.95. The average molecular weight is 346 g/mol. The molecular formula is C18H26N4O3. The maximum atomic E-state index is 12.9. The van der Waals surface area contributed by atoms with E-state index in [9.17, 15) is 14.4 Å². The Morgan fingerprint density at radius 3 is 2.32 bits per heavy atom. The van der Waals surface area contributed by atoms with E-state index in [4.69, 9.17) is 0 Å². The summed E-state index contributed by atoms with van der Waals surface area (Å²) < 4.78 is 0. The molecule has 0 N–H and O–H groups in total. The molecule has 1 saturated heterocycles. The Balaban J connectivity index is 2.22. The van der Waals surface area contributed by atoms with Crippen molar-refractivity contribution in [3.8, 4) is 0 Å². The summed E-state index contributed by atoms with van der Waals surface area (Å²) in [5.41, 5.74) is 1.52. The van der Waals surface area contributed by atoms with Gasteiger partial charge in [0, 0.05) is 59.5 Å². The highest BCUT2D eigenvalue weighted by molar-refractivity contribution is 5.96. The van der Waals surface area contributed by atoms with E-state index in [0.29, 0.717) is 18.7 Å². The topological polar surface area (TPSA) is 64.2 Å². The van der Waals surface area contributed by atoms with E-state index in [2.05, 4.69) is 0 Å². The van der Waals surface area contributed by atoms with Gasteiger partial charge in [0.1, 0.15) is 6.04 Å². The molecule has 1 atom stereocenters. The molecule has 1 aliphatic rings. The lowest BCUT2D eigenvalue weighted by molar-refractivity contribution is -0.146. The minimum Gasteiger partial charge on any atom is -0.378 e. The van der Waals surface area contributed by atoms with Crippen molar-refractivity contribution < 1.29 is 14.4 Å². The van der Waals surface area contributed by atoms with E-state index in [-0.39, 0.29) is 24.3 Å². The zero-order valence-electron chi connectivity index (χ0n) is 15.5. The van der Waals surface area contributed by atoms with Gasteiger partial charge in [-0.05, 0) is 18.2 Å². The second-order valence-corrected chi connectivity index (χ2v) is 6.66. The summed E-state index contributed by atoms with van der Waals surface area (Å²) >= 11 is 0. The van der Waals surface area contributed by atoms with Crippen molar-refractivity contribution in [3.05, 3.63) is 29.8 Å². The first kappa shape index (κ1) is 18.8. The zero-order valence-corrected chi connectivity index (χ0v) is 15.5. The van der Waals surface area contributed by atoms with Crippen LogP contribution in [-0.2, 0) is 9.59 Å².